The second-order valence-electron chi connectivity index (χ2n) is 6.19. The maximum absolute atomic E-state index is 6.11. The highest BCUT2D eigenvalue weighted by molar-refractivity contribution is 5.85. The Morgan fingerprint density at radius 1 is 0.773 bits per heavy atom. The van der Waals surface area contributed by atoms with Crippen LogP contribution in [0.2, 0.25) is 0 Å². The van der Waals surface area contributed by atoms with Crippen molar-refractivity contribution in [2.45, 2.75) is 20.3 Å². The smallest absolute Gasteiger partial charge is 0.0373 e. The summed E-state index contributed by atoms with van der Waals surface area (Å²) in [6.45, 7) is 4.17. The quantitative estimate of drug-likeness (QED) is 0.482. The Morgan fingerprint density at radius 3 is 2.18 bits per heavy atom. The van der Waals surface area contributed by atoms with Gasteiger partial charge in [-0.3, -0.25) is 0 Å². The summed E-state index contributed by atoms with van der Waals surface area (Å²) in [4.78, 5) is 0. The molecule has 0 spiro atoms. The van der Waals surface area contributed by atoms with Crippen molar-refractivity contribution < 1.29 is 0 Å². The third-order valence-corrected chi connectivity index (χ3v) is 4.76. The van der Waals surface area contributed by atoms with E-state index < -0.39 is 0 Å². The highest BCUT2D eigenvalue weighted by Gasteiger charge is 2.21. The lowest BCUT2D eigenvalue weighted by Crippen LogP contribution is -1.95. The van der Waals surface area contributed by atoms with Crippen LogP contribution in [0.3, 0.4) is 0 Å². The maximum atomic E-state index is 6.11. The van der Waals surface area contributed by atoms with Crippen molar-refractivity contribution >= 4 is 5.69 Å². The molecule has 0 aliphatic heterocycles. The first-order valence-corrected chi connectivity index (χ1v) is 7.72. The third kappa shape index (κ3) is 1.86. The van der Waals surface area contributed by atoms with Crippen molar-refractivity contribution in [1.82, 2.24) is 0 Å². The van der Waals surface area contributed by atoms with Crippen LogP contribution < -0.4 is 5.73 Å². The van der Waals surface area contributed by atoms with Crippen molar-refractivity contribution in [3.63, 3.8) is 0 Å². The van der Waals surface area contributed by atoms with Gasteiger partial charge in [0, 0.05) is 5.69 Å². The van der Waals surface area contributed by atoms with Gasteiger partial charge in [0.2, 0.25) is 0 Å². The summed E-state index contributed by atoms with van der Waals surface area (Å²) in [5, 5.41) is 0. The zero-order valence-corrected chi connectivity index (χ0v) is 13.0. The van der Waals surface area contributed by atoms with Crippen LogP contribution in [0.15, 0.2) is 54.6 Å². The topological polar surface area (TPSA) is 26.0 Å². The van der Waals surface area contributed by atoms with Crippen LogP contribution in [0, 0.1) is 13.8 Å². The third-order valence-electron chi connectivity index (χ3n) is 4.76. The summed E-state index contributed by atoms with van der Waals surface area (Å²) in [6.07, 6.45) is 1.02. The molecule has 0 bridgehead atoms. The second kappa shape index (κ2) is 4.74. The van der Waals surface area contributed by atoms with Crippen molar-refractivity contribution in [1.29, 1.82) is 0 Å². The summed E-state index contributed by atoms with van der Waals surface area (Å²) in [7, 11) is 0. The van der Waals surface area contributed by atoms with Gasteiger partial charge in [0.1, 0.15) is 0 Å². The molecule has 4 rings (SSSR count). The molecular formula is C21H19N. The van der Waals surface area contributed by atoms with Gasteiger partial charge in [0.05, 0.1) is 0 Å². The fourth-order valence-corrected chi connectivity index (χ4v) is 3.56. The molecule has 108 valence electrons. The molecular weight excluding hydrogens is 266 g/mol. The first-order valence-electron chi connectivity index (χ1n) is 7.72. The summed E-state index contributed by atoms with van der Waals surface area (Å²) < 4.78 is 0. The van der Waals surface area contributed by atoms with E-state index in [-0.39, 0.29) is 0 Å². The fourth-order valence-electron chi connectivity index (χ4n) is 3.56. The number of anilines is 1. The van der Waals surface area contributed by atoms with Crippen LogP contribution in [0.25, 0.3) is 22.3 Å². The van der Waals surface area contributed by atoms with Gasteiger partial charge in [-0.2, -0.15) is 0 Å². The van der Waals surface area contributed by atoms with E-state index in [1.165, 1.54) is 33.4 Å². The van der Waals surface area contributed by atoms with Gasteiger partial charge < -0.3 is 5.73 Å². The van der Waals surface area contributed by atoms with Gasteiger partial charge in [-0.05, 0) is 76.9 Å². The Labute approximate surface area is 131 Å². The molecule has 0 heterocycles. The molecule has 2 N–H and O–H groups in total. The molecule has 1 nitrogen and oxygen atoms in total. The molecule has 0 atom stereocenters. The summed E-state index contributed by atoms with van der Waals surface area (Å²) in [6, 6.07) is 19.8. The van der Waals surface area contributed by atoms with E-state index in [4.69, 9.17) is 5.73 Å². The molecule has 3 aromatic rings. The average Bonchev–Trinajstić information content (AvgIpc) is 2.90. The Morgan fingerprint density at radius 2 is 1.41 bits per heavy atom. The van der Waals surface area contributed by atoms with Gasteiger partial charge in [-0.1, -0.05) is 42.5 Å². The number of hydrogen-bond acceptors (Lipinski definition) is 1. The van der Waals surface area contributed by atoms with Crippen molar-refractivity contribution in [3.8, 4) is 22.3 Å². The number of benzene rings is 3. The van der Waals surface area contributed by atoms with E-state index in [0.29, 0.717) is 0 Å². The molecule has 0 radical (unpaired) electrons. The molecule has 0 saturated heterocycles. The minimum absolute atomic E-state index is 0.902. The SMILES string of the molecule is Cc1cc(-c2cccc3c2Cc2ccccc2-3)cc(C)c1N. The number of fused-ring (bicyclic) bond motifs is 3. The lowest BCUT2D eigenvalue weighted by Gasteiger charge is -2.13. The van der Waals surface area contributed by atoms with Crippen LogP contribution in [0.4, 0.5) is 5.69 Å². The number of rotatable bonds is 1. The number of aryl methyl sites for hydroxylation is 2. The molecule has 3 aromatic carbocycles. The molecule has 0 fully saturated rings. The van der Waals surface area contributed by atoms with E-state index in [2.05, 4.69) is 68.4 Å². The standard InChI is InChI=1S/C21H19N/c1-13-10-16(11-14(2)21(13)22)18-8-5-9-19-17-7-4-3-6-15(17)12-20(18)19/h3-11H,12,22H2,1-2H3. The lowest BCUT2D eigenvalue weighted by molar-refractivity contribution is 1.26. The summed E-state index contributed by atoms with van der Waals surface area (Å²) in [5.41, 5.74) is 17.5. The van der Waals surface area contributed by atoms with E-state index in [9.17, 15) is 0 Å². The van der Waals surface area contributed by atoms with Crippen LogP contribution in [-0.4, -0.2) is 0 Å². The summed E-state index contributed by atoms with van der Waals surface area (Å²) in [5.74, 6) is 0. The Bertz CT molecular complexity index is 867. The largest absolute Gasteiger partial charge is 0.398 e. The van der Waals surface area contributed by atoms with Crippen LogP contribution in [-0.2, 0) is 6.42 Å². The van der Waals surface area contributed by atoms with Crippen molar-refractivity contribution in [2.24, 2.45) is 0 Å². The van der Waals surface area contributed by atoms with E-state index in [1.807, 2.05) is 0 Å². The molecule has 0 unspecified atom stereocenters. The highest BCUT2D eigenvalue weighted by atomic mass is 14.6. The summed E-state index contributed by atoms with van der Waals surface area (Å²) >= 11 is 0. The zero-order valence-electron chi connectivity index (χ0n) is 13.0. The zero-order chi connectivity index (χ0) is 15.3. The molecule has 0 saturated carbocycles. The normalized spacial score (nSPS) is 12.1. The first-order chi connectivity index (χ1) is 10.6. The fraction of sp³-hybridized carbons (Fsp3) is 0.143. The second-order valence-corrected chi connectivity index (χ2v) is 6.19. The number of hydrogen-bond donors (Lipinski definition) is 1. The molecule has 0 amide bonds. The monoisotopic (exact) mass is 285 g/mol. The van der Waals surface area contributed by atoms with Crippen LogP contribution in [0.1, 0.15) is 22.3 Å². The predicted molar refractivity (Wildman–Crippen MR) is 94.0 cm³/mol. The molecule has 1 aliphatic rings. The first kappa shape index (κ1) is 13.1. The molecule has 22 heavy (non-hydrogen) atoms. The minimum atomic E-state index is 0.902. The highest BCUT2D eigenvalue weighted by Crippen LogP contribution is 2.42. The Balaban J connectivity index is 1.93. The predicted octanol–water partition coefficient (Wildman–Crippen LogP) is 5.12. The van der Waals surface area contributed by atoms with Gasteiger partial charge in [0.15, 0.2) is 0 Å². The van der Waals surface area contributed by atoms with Gasteiger partial charge in [0.25, 0.3) is 0 Å². The van der Waals surface area contributed by atoms with E-state index in [1.54, 1.807) is 0 Å². The lowest BCUT2D eigenvalue weighted by atomic mass is 9.93. The van der Waals surface area contributed by atoms with Crippen molar-refractivity contribution in [2.75, 3.05) is 5.73 Å². The van der Waals surface area contributed by atoms with Gasteiger partial charge in [-0.25, -0.2) is 0 Å². The number of nitrogens with two attached hydrogens (primary N) is 1. The van der Waals surface area contributed by atoms with Crippen LogP contribution >= 0.6 is 0 Å². The Hall–Kier alpha value is -2.54. The molecule has 1 heteroatoms. The minimum Gasteiger partial charge on any atom is -0.398 e. The van der Waals surface area contributed by atoms with Crippen molar-refractivity contribution in [3.05, 3.63) is 76.9 Å². The van der Waals surface area contributed by atoms with Gasteiger partial charge in [-0.15, -0.1) is 0 Å². The Kier molecular flexibility index (Phi) is 2.83. The molecule has 1 aliphatic carbocycles. The van der Waals surface area contributed by atoms with E-state index >= 15 is 0 Å². The van der Waals surface area contributed by atoms with Crippen LogP contribution in [0.5, 0.6) is 0 Å². The number of nitrogen functional groups attached to an aromatic ring is 1. The maximum Gasteiger partial charge on any atom is 0.0373 e. The molecule has 0 aromatic heterocycles. The van der Waals surface area contributed by atoms with Gasteiger partial charge >= 0.3 is 0 Å². The average molecular weight is 285 g/mol. The van der Waals surface area contributed by atoms with E-state index in [0.717, 1.165) is 23.2 Å².